The van der Waals surface area contributed by atoms with Crippen LogP contribution in [0.25, 0.3) is 0 Å². The lowest BCUT2D eigenvalue weighted by Crippen LogP contribution is -2.37. The maximum atomic E-state index is 12.0. The van der Waals surface area contributed by atoms with Crippen molar-refractivity contribution in [3.63, 3.8) is 0 Å². The van der Waals surface area contributed by atoms with Gasteiger partial charge in [0.05, 0.1) is 5.56 Å². The van der Waals surface area contributed by atoms with E-state index in [1.807, 2.05) is 13.0 Å². The zero-order valence-corrected chi connectivity index (χ0v) is 12.4. The average molecular weight is 276 g/mol. The largest absolute Gasteiger partial charge is 0.507 e. The number of nitrogens with zero attached hydrogens (tertiary/aromatic N) is 1. The van der Waals surface area contributed by atoms with Crippen LogP contribution in [-0.2, 0) is 0 Å². The molecule has 20 heavy (non-hydrogen) atoms. The number of carbonyl (C=O) groups is 1. The Morgan fingerprint density at radius 1 is 1.40 bits per heavy atom. The van der Waals surface area contributed by atoms with Gasteiger partial charge in [0.1, 0.15) is 5.75 Å². The van der Waals surface area contributed by atoms with E-state index in [9.17, 15) is 9.90 Å². The summed E-state index contributed by atoms with van der Waals surface area (Å²) in [4.78, 5) is 14.3. The van der Waals surface area contributed by atoms with Crippen LogP contribution in [0, 0.1) is 6.92 Å². The fraction of sp³-hybridized carbons (Fsp3) is 0.562. The molecule has 1 fully saturated rings. The minimum absolute atomic E-state index is 0.0478. The first-order chi connectivity index (χ1) is 9.58. The lowest BCUT2D eigenvalue weighted by Gasteiger charge is -2.23. The summed E-state index contributed by atoms with van der Waals surface area (Å²) in [7, 11) is 2.12. The molecule has 0 unspecified atom stereocenters. The van der Waals surface area contributed by atoms with Gasteiger partial charge in [-0.3, -0.25) is 4.79 Å². The highest BCUT2D eigenvalue weighted by atomic mass is 16.3. The predicted octanol–water partition coefficient (Wildman–Crippen LogP) is 2.30. The SMILES string of the molecule is Cc1ccc(C(=O)NCCN(C)C2CCCC2)c(O)c1. The topological polar surface area (TPSA) is 52.6 Å². The van der Waals surface area contributed by atoms with E-state index >= 15 is 0 Å². The molecule has 0 radical (unpaired) electrons. The molecule has 1 aromatic rings. The van der Waals surface area contributed by atoms with Crippen molar-refractivity contribution < 1.29 is 9.90 Å². The van der Waals surface area contributed by atoms with E-state index in [4.69, 9.17) is 0 Å². The molecule has 1 amide bonds. The predicted molar refractivity (Wildman–Crippen MR) is 80.1 cm³/mol. The van der Waals surface area contributed by atoms with Gasteiger partial charge in [0.15, 0.2) is 0 Å². The number of aromatic hydroxyl groups is 1. The summed E-state index contributed by atoms with van der Waals surface area (Å²) in [5, 5.41) is 12.6. The third-order valence-corrected chi connectivity index (χ3v) is 4.10. The lowest BCUT2D eigenvalue weighted by molar-refractivity contribution is 0.0944. The van der Waals surface area contributed by atoms with Crippen molar-refractivity contribution in [1.29, 1.82) is 0 Å². The van der Waals surface area contributed by atoms with Crippen LogP contribution in [0.1, 0.15) is 41.6 Å². The van der Waals surface area contributed by atoms with Crippen molar-refractivity contribution in [3.8, 4) is 5.75 Å². The number of amides is 1. The Kier molecular flexibility index (Phi) is 5.01. The molecule has 4 heteroatoms. The average Bonchev–Trinajstić information content (AvgIpc) is 2.92. The number of rotatable bonds is 5. The Bertz CT molecular complexity index is 468. The Labute approximate surface area is 120 Å². The number of phenols is 1. The summed E-state index contributed by atoms with van der Waals surface area (Å²) >= 11 is 0. The summed E-state index contributed by atoms with van der Waals surface area (Å²) in [6, 6.07) is 5.78. The van der Waals surface area contributed by atoms with Gasteiger partial charge >= 0.3 is 0 Å². The number of aryl methyl sites for hydroxylation is 1. The summed E-state index contributed by atoms with van der Waals surface area (Å²) in [5.74, 6) is -0.158. The van der Waals surface area contributed by atoms with Crippen molar-refractivity contribution in [3.05, 3.63) is 29.3 Å². The van der Waals surface area contributed by atoms with E-state index in [0.717, 1.165) is 12.1 Å². The molecule has 0 heterocycles. The number of phenolic OH excluding ortho intramolecular Hbond substituents is 1. The van der Waals surface area contributed by atoms with E-state index < -0.39 is 0 Å². The van der Waals surface area contributed by atoms with Crippen LogP contribution in [0.3, 0.4) is 0 Å². The Morgan fingerprint density at radius 3 is 2.75 bits per heavy atom. The number of hydrogen-bond acceptors (Lipinski definition) is 3. The molecule has 2 N–H and O–H groups in total. The molecule has 0 bridgehead atoms. The minimum Gasteiger partial charge on any atom is -0.507 e. The molecule has 110 valence electrons. The molecule has 4 nitrogen and oxygen atoms in total. The van der Waals surface area contributed by atoms with Crippen LogP contribution < -0.4 is 5.32 Å². The highest BCUT2D eigenvalue weighted by molar-refractivity contribution is 5.96. The van der Waals surface area contributed by atoms with Crippen molar-refractivity contribution in [2.75, 3.05) is 20.1 Å². The first-order valence-corrected chi connectivity index (χ1v) is 7.36. The van der Waals surface area contributed by atoms with Gasteiger partial charge in [-0.2, -0.15) is 0 Å². The normalized spacial score (nSPS) is 15.8. The monoisotopic (exact) mass is 276 g/mol. The van der Waals surface area contributed by atoms with Gasteiger partial charge in [0.25, 0.3) is 5.91 Å². The van der Waals surface area contributed by atoms with Crippen molar-refractivity contribution in [1.82, 2.24) is 10.2 Å². The minimum atomic E-state index is -0.206. The first kappa shape index (κ1) is 14.9. The van der Waals surface area contributed by atoms with E-state index in [0.29, 0.717) is 18.2 Å². The molecule has 1 aliphatic rings. The molecular weight excluding hydrogens is 252 g/mol. The van der Waals surface area contributed by atoms with Crippen LogP contribution in [0.15, 0.2) is 18.2 Å². The second-order valence-corrected chi connectivity index (χ2v) is 5.70. The van der Waals surface area contributed by atoms with Gasteiger partial charge in [0, 0.05) is 19.1 Å². The smallest absolute Gasteiger partial charge is 0.255 e. The highest BCUT2D eigenvalue weighted by Crippen LogP contribution is 2.22. The fourth-order valence-electron chi connectivity index (χ4n) is 2.80. The molecule has 0 atom stereocenters. The molecular formula is C16H24N2O2. The van der Waals surface area contributed by atoms with E-state index in [1.54, 1.807) is 12.1 Å². The molecule has 2 rings (SSSR count). The maximum Gasteiger partial charge on any atom is 0.255 e. The molecule has 0 saturated heterocycles. The van der Waals surface area contributed by atoms with Gasteiger partial charge < -0.3 is 15.3 Å². The van der Waals surface area contributed by atoms with E-state index in [-0.39, 0.29) is 11.7 Å². The number of carbonyl (C=O) groups excluding carboxylic acids is 1. The third kappa shape index (κ3) is 3.73. The van der Waals surface area contributed by atoms with Gasteiger partial charge in [-0.15, -0.1) is 0 Å². The third-order valence-electron chi connectivity index (χ3n) is 4.10. The van der Waals surface area contributed by atoms with Crippen molar-refractivity contribution in [2.45, 2.75) is 38.6 Å². The first-order valence-electron chi connectivity index (χ1n) is 7.36. The summed E-state index contributed by atoms with van der Waals surface area (Å²) in [6.07, 6.45) is 5.17. The molecule has 1 aliphatic carbocycles. The van der Waals surface area contributed by atoms with Gasteiger partial charge in [0.2, 0.25) is 0 Å². The van der Waals surface area contributed by atoms with Crippen LogP contribution in [0.5, 0.6) is 5.75 Å². The molecule has 0 aliphatic heterocycles. The fourth-order valence-corrected chi connectivity index (χ4v) is 2.80. The molecule has 1 saturated carbocycles. The molecule has 0 spiro atoms. The molecule has 0 aromatic heterocycles. The Balaban J connectivity index is 1.80. The summed E-state index contributed by atoms with van der Waals surface area (Å²) < 4.78 is 0. The van der Waals surface area contributed by atoms with Gasteiger partial charge in [-0.1, -0.05) is 18.9 Å². The quantitative estimate of drug-likeness (QED) is 0.867. The van der Waals surface area contributed by atoms with Gasteiger partial charge in [-0.25, -0.2) is 0 Å². The van der Waals surface area contributed by atoms with Crippen molar-refractivity contribution in [2.24, 2.45) is 0 Å². The number of nitrogens with one attached hydrogen (secondary N) is 1. The number of hydrogen-bond donors (Lipinski definition) is 2. The Hall–Kier alpha value is -1.55. The summed E-state index contributed by atoms with van der Waals surface area (Å²) in [6.45, 7) is 3.35. The Morgan fingerprint density at radius 2 is 2.10 bits per heavy atom. The van der Waals surface area contributed by atoms with Crippen molar-refractivity contribution >= 4 is 5.91 Å². The standard InChI is InChI=1S/C16H24N2O2/c1-12-7-8-14(15(19)11-12)16(20)17-9-10-18(2)13-5-3-4-6-13/h7-8,11,13,19H,3-6,9-10H2,1-2H3,(H,17,20). The summed E-state index contributed by atoms with van der Waals surface area (Å²) in [5.41, 5.74) is 1.29. The van der Waals surface area contributed by atoms with Crippen LogP contribution in [0.2, 0.25) is 0 Å². The maximum absolute atomic E-state index is 12.0. The molecule has 1 aromatic carbocycles. The van der Waals surface area contributed by atoms with E-state index in [2.05, 4.69) is 17.3 Å². The van der Waals surface area contributed by atoms with Gasteiger partial charge in [-0.05, 0) is 44.5 Å². The van der Waals surface area contributed by atoms with Crippen LogP contribution >= 0.6 is 0 Å². The lowest BCUT2D eigenvalue weighted by atomic mass is 10.1. The highest BCUT2D eigenvalue weighted by Gasteiger charge is 2.19. The number of benzene rings is 1. The zero-order chi connectivity index (χ0) is 14.5. The number of likely N-dealkylation sites (N-methyl/N-ethyl adjacent to an activating group) is 1. The second kappa shape index (κ2) is 6.75. The second-order valence-electron chi connectivity index (χ2n) is 5.70. The van der Waals surface area contributed by atoms with Crippen LogP contribution in [-0.4, -0.2) is 42.1 Å². The zero-order valence-electron chi connectivity index (χ0n) is 12.4. The van der Waals surface area contributed by atoms with Crippen LogP contribution in [0.4, 0.5) is 0 Å². The van der Waals surface area contributed by atoms with E-state index in [1.165, 1.54) is 25.7 Å².